The van der Waals surface area contributed by atoms with Gasteiger partial charge in [-0.3, -0.25) is 0 Å². The number of aryl methyl sites for hydroxylation is 2. The second kappa shape index (κ2) is 5.49. The van der Waals surface area contributed by atoms with Crippen molar-refractivity contribution in [3.63, 3.8) is 0 Å². The monoisotopic (exact) mass is 264 g/mol. The van der Waals surface area contributed by atoms with E-state index in [4.69, 9.17) is 15.2 Å². The molecule has 106 valence electrons. The zero-order chi connectivity index (χ0) is 14.0. The SMILES string of the molecule is CNC(c1cc(C)c(OC)cc1C)C1(CN)COC1. The van der Waals surface area contributed by atoms with Gasteiger partial charge in [0.25, 0.3) is 0 Å². The molecular weight excluding hydrogens is 240 g/mol. The zero-order valence-corrected chi connectivity index (χ0v) is 12.2. The van der Waals surface area contributed by atoms with E-state index in [1.54, 1.807) is 7.11 Å². The van der Waals surface area contributed by atoms with E-state index in [0.717, 1.165) is 24.5 Å². The molecule has 2 rings (SSSR count). The maximum atomic E-state index is 5.98. The van der Waals surface area contributed by atoms with Crippen molar-refractivity contribution in [1.82, 2.24) is 5.32 Å². The molecule has 19 heavy (non-hydrogen) atoms. The molecule has 0 spiro atoms. The van der Waals surface area contributed by atoms with Crippen molar-refractivity contribution in [2.45, 2.75) is 19.9 Å². The van der Waals surface area contributed by atoms with Crippen molar-refractivity contribution in [3.05, 3.63) is 28.8 Å². The van der Waals surface area contributed by atoms with Crippen LogP contribution in [-0.4, -0.2) is 33.9 Å². The van der Waals surface area contributed by atoms with Gasteiger partial charge < -0.3 is 20.5 Å². The zero-order valence-electron chi connectivity index (χ0n) is 12.2. The highest BCUT2D eigenvalue weighted by Crippen LogP contribution is 2.41. The first-order chi connectivity index (χ1) is 9.07. The Kier molecular flexibility index (Phi) is 4.13. The largest absolute Gasteiger partial charge is 0.496 e. The lowest BCUT2D eigenvalue weighted by Gasteiger charge is -2.47. The summed E-state index contributed by atoms with van der Waals surface area (Å²) in [6, 6.07) is 4.51. The highest BCUT2D eigenvalue weighted by molar-refractivity contribution is 5.43. The van der Waals surface area contributed by atoms with Crippen LogP contribution >= 0.6 is 0 Å². The average molecular weight is 264 g/mol. The predicted molar refractivity (Wildman–Crippen MR) is 76.6 cm³/mol. The van der Waals surface area contributed by atoms with E-state index in [9.17, 15) is 0 Å². The summed E-state index contributed by atoms with van der Waals surface area (Å²) in [5.74, 6) is 0.933. The van der Waals surface area contributed by atoms with Crippen LogP contribution in [0.1, 0.15) is 22.7 Å². The van der Waals surface area contributed by atoms with E-state index in [1.165, 1.54) is 11.1 Å². The van der Waals surface area contributed by atoms with Crippen LogP contribution in [-0.2, 0) is 4.74 Å². The molecule has 0 saturated carbocycles. The van der Waals surface area contributed by atoms with E-state index in [1.807, 2.05) is 7.05 Å². The van der Waals surface area contributed by atoms with Gasteiger partial charge in [0, 0.05) is 18.0 Å². The smallest absolute Gasteiger partial charge is 0.122 e. The average Bonchev–Trinajstić information content (AvgIpc) is 2.36. The highest BCUT2D eigenvalue weighted by Gasteiger charge is 2.45. The van der Waals surface area contributed by atoms with Gasteiger partial charge in [0.2, 0.25) is 0 Å². The third-order valence-electron chi connectivity index (χ3n) is 4.18. The fourth-order valence-corrected chi connectivity index (χ4v) is 2.90. The summed E-state index contributed by atoms with van der Waals surface area (Å²) in [5.41, 5.74) is 9.66. The van der Waals surface area contributed by atoms with Gasteiger partial charge in [0.05, 0.1) is 20.3 Å². The van der Waals surface area contributed by atoms with Gasteiger partial charge in [-0.05, 0) is 43.7 Å². The van der Waals surface area contributed by atoms with Crippen molar-refractivity contribution in [2.24, 2.45) is 11.1 Å². The maximum Gasteiger partial charge on any atom is 0.122 e. The summed E-state index contributed by atoms with van der Waals surface area (Å²) < 4.78 is 10.8. The topological polar surface area (TPSA) is 56.5 Å². The molecule has 0 aromatic heterocycles. The van der Waals surface area contributed by atoms with Crippen LogP contribution in [0.25, 0.3) is 0 Å². The van der Waals surface area contributed by atoms with Crippen LogP contribution < -0.4 is 15.8 Å². The van der Waals surface area contributed by atoms with E-state index in [0.29, 0.717) is 6.54 Å². The van der Waals surface area contributed by atoms with Gasteiger partial charge in [-0.15, -0.1) is 0 Å². The Hall–Kier alpha value is -1.10. The minimum atomic E-state index is 0.0144. The van der Waals surface area contributed by atoms with E-state index >= 15 is 0 Å². The first-order valence-electron chi connectivity index (χ1n) is 6.68. The molecule has 0 aliphatic carbocycles. The maximum absolute atomic E-state index is 5.98. The molecule has 1 heterocycles. The van der Waals surface area contributed by atoms with Crippen molar-refractivity contribution in [3.8, 4) is 5.75 Å². The first-order valence-corrected chi connectivity index (χ1v) is 6.68. The van der Waals surface area contributed by atoms with Gasteiger partial charge in [-0.1, -0.05) is 6.07 Å². The second-order valence-corrected chi connectivity index (χ2v) is 5.46. The van der Waals surface area contributed by atoms with Gasteiger partial charge in [-0.25, -0.2) is 0 Å². The summed E-state index contributed by atoms with van der Waals surface area (Å²) in [4.78, 5) is 0. The molecule has 1 atom stereocenters. The van der Waals surface area contributed by atoms with Crippen molar-refractivity contribution in [2.75, 3.05) is 33.9 Å². The second-order valence-electron chi connectivity index (χ2n) is 5.46. The quantitative estimate of drug-likeness (QED) is 0.847. The number of nitrogens with two attached hydrogens (primary N) is 1. The number of methoxy groups -OCH3 is 1. The molecule has 4 nitrogen and oxygen atoms in total. The Morgan fingerprint density at radius 1 is 1.37 bits per heavy atom. The van der Waals surface area contributed by atoms with Gasteiger partial charge in [0.1, 0.15) is 5.75 Å². The number of hydrogen-bond acceptors (Lipinski definition) is 4. The van der Waals surface area contributed by atoms with Crippen molar-refractivity contribution >= 4 is 0 Å². The molecule has 1 unspecified atom stereocenters. The molecular formula is C15H24N2O2. The Morgan fingerprint density at radius 3 is 2.47 bits per heavy atom. The van der Waals surface area contributed by atoms with Crippen LogP contribution in [0.15, 0.2) is 12.1 Å². The van der Waals surface area contributed by atoms with E-state index < -0.39 is 0 Å². The van der Waals surface area contributed by atoms with E-state index in [-0.39, 0.29) is 11.5 Å². The lowest BCUT2D eigenvalue weighted by Crippen LogP contribution is -2.55. The Labute approximate surface area is 115 Å². The van der Waals surface area contributed by atoms with Crippen molar-refractivity contribution in [1.29, 1.82) is 0 Å². The lowest BCUT2D eigenvalue weighted by atomic mass is 9.74. The molecule has 1 aliphatic rings. The number of hydrogen-bond donors (Lipinski definition) is 2. The van der Waals surface area contributed by atoms with Crippen molar-refractivity contribution < 1.29 is 9.47 Å². The molecule has 1 fully saturated rings. The minimum absolute atomic E-state index is 0.0144. The fourth-order valence-electron chi connectivity index (χ4n) is 2.90. The van der Waals surface area contributed by atoms with Gasteiger partial charge in [-0.2, -0.15) is 0 Å². The normalized spacial score (nSPS) is 18.8. The molecule has 0 amide bonds. The van der Waals surface area contributed by atoms with E-state index in [2.05, 4.69) is 31.3 Å². The van der Waals surface area contributed by atoms with Gasteiger partial charge >= 0.3 is 0 Å². The number of nitrogens with one attached hydrogen (secondary N) is 1. The summed E-state index contributed by atoms with van der Waals surface area (Å²) >= 11 is 0. The van der Waals surface area contributed by atoms with Crippen LogP contribution in [0.2, 0.25) is 0 Å². The molecule has 0 radical (unpaired) electrons. The molecule has 4 heteroatoms. The van der Waals surface area contributed by atoms with Crippen LogP contribution in [0.3, 0.4) is 0 Å². The summed E-state index contributed by atoms with van der Waals surface area (Å²) in [5, 5.41) is 3.42. The lowest BCUT2D eigenvalue weighted by molar-refractivity contribution is -0.126. The first kappa shape index (κ1) is 14.3. The van der Waals surface area contributed by atoms with Crippen LogP contribution in [0.5, 0.6) is 5.75 Å². The number of rotatable bonds is 5. The van der Waals surface area contributed by atoms with Crippen LogP contribution in [0, 0.1) is 19.3 Å². The molecule has 0 bridgehead atoms. The third kappa shape index (κ3) is 2.36. The molecule has 1 aromatic carbocycles. The Balaban J connectivity index is 2.41. The highest BCUT2D eigenvalue weighted by atomic mass is 16.5. The Bertz CT molecular complexity index is 450. The molecule has 3 N–H and O–H groups in total. The minimum Gasteiger partial charge on any atom is -0.496 e. The third-order valence-corrected chi connectivity index (χ3v) is 4.18. The van der Waals surface area contributed by atoms with Gasteiger partial charge in [0.15, 0.2) is 0 Å². The molecule has 1 aromatic rings. The van der Waals surface area contributed by atoms with Crippen LogP contribution in [0.4, 0.5) is 0 Å². The summed E-state index contributed by atoms with van der Waals surface area (Å²) in [6.45, 7) is 6.26. The number of benzene rings is 1. The molecule has 1 saturated heterocycles. The number of ether oxygens (including phenoxy) is 2. The fraction of sp³-hybridized carbons (Fsp3) is 0.600. The summed E-state index contributed by atoms with van der Waals surface area (Å²) in [7, 11) is 3.69. The Morgan fingerprint density at radius 2 is 2.05 bits per heavy atom. The summed E-state index contributed by atoms with van der Waals surface area (Å²) in [6.07, 6.45) is 0. The predicted octanol–water partition coefficient (Wildman–Crippen LogP) is 1.55. The molecule has 1 aliphatic heterocycles. The standard InChI is InChI=1S/C15H24N2O2/c1-10-6-13(18-4)11(2)5-12(10)14(17-3)15(7-16)8-19-9-15/h5-6,14,17H,7-9,16H2,1-4H3.